The lowest BCUT2D eigenvalue weighted by Gasteiger charge is -2.23. The van der Waals surface area contributed by atoms with Crippen LogP contribution in [0.4, 0.5) is 9.18 Å². The van der Waals surface area contributed by atoms with Crippen LogP contribution >= 0.6 is 15.9 Å². The van der Waals surface area contributed by atoms with Crippen molar-refractivity contribution in [3.05, 3.63) is 0 Å². The Morgan fingerprint density at radius 3 is 2.50 bits per heavy atom. The Bertz CT molecular complexity index is 261. The molecule has 0 bridgehead atoms. The Labute approximate surface area is 104 Å². The molecule has 0 aromatic rings. The fourth-order valence-corrected chi connectivity index (χ4v) is 1.79. The van der Waals surface area contributed by atoms with Gasteiger partial charge in [0.2, 0.25) is 0 Å². The number of nitrogens with one attached hydrogen (secondary N) is 1. The third-order valence-electron chi connectivity index (χ3n) is 2.31. The first-order chi connectivity index (χ1) is 7.24. The van der Waals surface area contributed by atoms with Gasteiger partial charge < -0.3 is 10.1 Å². The van der Waals surface area contributed by atoms with E-state index < -0.39 is 17.4 Å². The van der Waals surface area contributed by atoms with E-state index in [0.717, 1.165) is 0 Å². The fourth-order valence-electron chi connectivity index (χ4n) is 1.40. The van der Waals surface area contributed by atoms with Crippen LogP contribution in [0, 0.1) is 0 Å². The largest absolute Gasteiger partial charge is 0.444 e. The summed E-state index contributed by atoms with van der Waals surface area (Å²) < 4.78 is 18.6. The van der Waals surface area contributed by atoms with E-state index in [9.17, 15) is 9.18 Å². The van der Waals surface area contributed by atoms with E-state index >= 15 is 0 Å². The van der Waals surface area contributed by atoms with Crippen molar-refractivity contribution < 1.29 is 13.9 Å². The van der Waals surface area contributed by atoms with Crippen LogP contribution in [0.25, 0.3) is 0 Å². The summed E-state index contributed by atoms with van der Waals surface area (Å²) in [6, 6.07) is -0.206. The smallest absolute Gasteiger partial charge is 0.407 e. The van der Waals surface area contributed by atoms with Gasteiger partial charge in [-0.2, -0.15) is 0 Å². The van der Waals surface area contributed by atoms with Gasteiger partial charge in [0.05, 0.1) is 0 Å². The first kappa shape index (κ1) is 13.7. The molecule has 1 unspecified atom stereocenters. The highest BCUT2D eigenvalue weighted by Crippen LogP contribution is 2.43. The zero-order valence-electron chi connectivity index (χ0n) is 9.98. The van der Waals surface area contributed by atoms with Crippen LogP contribution < -0.4 is 5.32 Å². The summed E-state index contributed by atoms with van der Waals surface area (Å²) >= 11 is 3.27. The van der Waals surface area contributed by atoms with E-state index in [-0.39, 0.29) is 6.04 Å². The molecule has 1 fully saturated rings. The molecule has 0 saturated heterocycles. The van der Waals surface area contributed by atoms with Gasteiger partial charge in [-0.15, -0.1) is 0 Å². The monoisotopic (exact) mass is 295 g/mol. The number of alkyl halides is 2. The number of alkyl carbamates (subject to hydrolysis) is 1. The number of halogens is 2. The van der Waals surface area contributed by atoms with Crippen LogP contribution in [0.3, 0.4) is 0 Å². The zero-order chi connectivity index (χ0) is 12.4. The number of amides is 1. The summed E-state index contributed by atoms with van der Waals surface area (Å²) in [6.45, 7) is 5.40. The molecule has 0 spiro atoms. The highest BCUT2D eigenvalue weighted by molar-refractivity contribution is 9.09. The molecule has 0 radical (unpaired) electrons. The molecule has 1 N–H and O–H groups in total. The molecule has 0 aromatic carbocycles. The van der Waals surface area contributed by atoms with Crippen molar-refractivity contribution in [2.24, 2.45) is 0 Å². The molecule has 1 aliphatic rings. The van der Waals surface area contributed by atoms with Gasteiger partial charge in [-0.05, 0) is 33.6 Å². The number of hydrogen-bond acceptors (Lipinski definition) is 2. The Balaban J connectivity index is 2.35. The topological polar surface area (TPSA) is 38.3 Å². The lowest BCUT2D eigenvalue weighted by molar-refractivity contribution is 0.0500. The first-order valence-electron chi connectivity index (χ1n) is 5.48. The maximum absolute atomic E-state index is 13.5. The van der Waals surface area contributed by atoms with Crippen molar-refractivity contribution in [3.8, 4) is 0 Å². The van der Waals surface area contributed by atoms with Crippen molar-refractivity contribution in [1.29, 1.82) is 0 Å². The molecule has 94 valence electrons. The van der Waals surface area contributed by atoms with Gasteiger partial charge in [-0.25, -0.2) is 9.18 Å². The predicted octanol–water partition coefficient (Wildman–Crippen LogP) is 3.17. The van der Waals surface area contributed by atoms with Crippen molar-refractivity contribution in [2.45, 2.75) is 57.3 Å². The summed E-state index contributed by atoms with van der Waals surface area (Å²) in [5, 5.41) is 3.21. The molecule has 5 heteroatoms. The second kappa shape index (κ2) is 4.90. The molecule has 0 heterocycles. The third kappa shape index (κ3) is 5.14. The van der Waals surface area contributed by atoms with E-state index in [1.54, 1.807) is 20.8 Å². The van der Waals surface area contributed by atoms with Gasteiger partial charge in [0.25, 0.3) is 0 Å². The highest BCUT2D eigenvalue weighted by Gasteiger charge is 2.44. The summed E-state index contributed by atoms with van der Waals surface area (Å²) in [7, 11) is 0. The Morgan fingerprint density at radius 2 is 2.12 bits per heavy atom. The van der Waals surface area contributed by atoms with E-state index in [2.05, 4.69) is 21.2 Å². The van der Waals surface area contributed by atoms with Crippen molar-refractivity contribution in [3.63, 3.8) is 0 Å². The van der Waals surface area contributed by atoms with Crippen LogP contribution in [0.15, 0.2) is 0 Å². The average molecular weight is 296 g/mol. The van der Waals surface area contributed by atoms with E-state index in [1.807, 2.05) is 0 Å². The maximum atomic E-state index is 13.5. The lowest BCUT2D eigenvalue weighted by atomic mass is 10.1. The van der Waals surface area contributed by atoms with Crippen molar-refractivity contribution >= 4 is 22.0 Å². The van der Waals surface area contributed by atoms with E-state index in [0.29, 0.717) is 24.6 Å². The molecule has 1 atom stereocenters. The van der Waals surface area contributed by atoms with Crippen LogP contribution in [0.5, 0.6) is 0 Å². The minimum absolute atomic E-state index is 0.206. The summed E-state index contributed by atoms with van der Waals surface area (Å²) in [4.78, 5) is 11.5. The highest BCUT2D eigenvalue weighted by atomic mass is 79.9. The number of rotatable bonds is 4. The Kier molecular flexibility index (Phi) is 4.21. The van der Waals surface area contributed by atoms with Gasteiger partial charge in [0.1, 0.15) is 11.3 Å². The van der Waals surface area contributed by atoms with Crippen LogP contribution in [-0.4, -0.2) is 28.7 Å². The third-order valence-corrected chi connectivity index (χ3v) is 3.09. The fraction of sp³-hybridized carbons (Fsp3) is 0.909. The molecular weight excluding hydrogens is 277 g/mol. The first-order valence-corrected chi connectivity index (χ1v) is 6.61. The lowest BCUT2D eigenvalue weighted by Crippen LogP contribution is -2.41. The summed E-state index contributed by atoms with van der Waals surface area (Å²) in [5.74, 6) is 0. The van der Waals surface area contributed by atoms with Crippen LogP contribution in [0.1, 0.15) is 40.0 Å². The van der Waals surface area contributed by atoms with E-state index in [4.69, 9.17) is 4.74 Å². The second-order valence-corrected chi connectivity index (χ2v) is 6.00. The number of carbonyl (C=O) groups excluding carboxylic acids is 1. The minimum Gasteiger partial charge on any atom is -0.444 e. The Morgan fingerprint density at radius 1 is 1.56 bits per heavy atom. The molecule has 1 saturated carbocycles. The maximum Gasteiger partial charge on any atom is 0.407 e. The molecule has 1 aliphatic carbocycles. The Hall–Kier alpha value is -0.320. The number of ether oxygens (including phenoxy) is 1. The zero-order valence-corrected chi connectivity index (χ0v) is 11.6. The SMILES string of the molecule is CC(C)(C)OC(=O)NC(CBr)CC1(F)CC1. The second-order valence-electron chi connectivity index (χ2n) is 5.35. The van der Waals surface area contributed by atoms with Crippen molar-refractivity contribution in [1.82, 2.24) is 5.32 Å². The molecule has 0 aromatic heterocycles. The molecule has 1 rings (SSSR count). The van der Waals surface area contributed by atoms with Crippen molar-refractivity contribution in [2.75, 3.05) is 5.33 Å². The van der Waals surface area contributed by atoms with Gasteiger partial charge in [-0.3, -0.25) is 0 Å². The normalized spacial score (nSPS) is 20.1. The van der Waals surface area contributed by atoms with Gasteiger partial charge >= 0.3 is 6.09 Å². The number of hydrogen-bond donors (Lipinski definition) is 1. The van der Waals surface area contributed by atoms with Gasteiger partial charge in [0.15, 0.2) is 0 Å². The van der Waals surface area contributed by atoms with Crippen LogP contribution in [-0.2, 0) is 4.74 Å². The molecule has 1 amide bonds. The molecule has 16 heavy (non-hydrogen) atoms. The molecule has 3 nitrogen and oxygen atoms in total. The van der Waals surface area contributed by atoms with Gasteiger partial charge in [0, 0.05) is 17.8 Å². The predicted molar refractivity (Wildman–Crippen MR) is 64.6 cm³/mol. The standard InChI is InChI=1S/C11H19BrFNO2/c1-10(2,3)16-9(15)14-8(7-12)6-11(13)4-5-11/h8H,4-7H2,1-3H3,(H,14,15). The summed E-state index contributed by atoms with van der Waals surface area (Å²) in [5.41, 5.74) is -1.58. The van der Waals surface area contributed by atoms with Crippen LogP contribution in [0.2, 0.25) is 0 Å². The molecular formula is C11H19BrFNO2. The van der Waals surface area contributed by atoms with Gasteiger partial charge in [-0.1, -0.05) is 15.9 Å². The molecule has 0 aliphatic heterocycles. The minimum atomic E-state index is -1.06. The quantitative estimate of drug-likeness (QED) is 0.809. The van der Waals surface area contributed by atoms with E-state index in [1.165, 1.54) is 0 Å². The average Bonchev–Trinajstić information content (AvgIpc) is 2.79. The summed E-state index contributed by atoms with van der Waals surface area (Å²) in [6.07, 6.45) is 1.08. The number of carbonyl (C=O) groups is 1.